The van der Waals surface area contributed by atoms with E-state index in [-0.39, 0.29) is 30.8 Å². The quantitative estimate of drug-likeness (QED) is 0.0813. The summed E-state index contributed by atoms with van der Waals surface area (Å²) >= 11 is 7.84. The number of nitrogens with one attached hydrogen (secondary N) is 4. The van der Waals surface area contributed by atoms with Gasteiger partial charge in [-0.05, 0) is 12.8 Å². The van der Waals surface area contributed by atoms with Crippen LogP contribution in [0.1, 0.15) is 25.7 Å². The van der Waals surface area contributed by atoms with Crippen LogP contribution in [0.3, 0.4) is 0 Å². The van der Waals surface area contributed by atoms with E-state index in [1.54, 1.807) is 0 Å². The zero-order valence-electron chi connectivity index (χ0n) is 18.4. The number of hydrogen-bond acceptors (Lipinski definition) is 10. The molecule has 0 aliphatic heterocycles. The second-order valence-electron chi connectivity index (χ2n) is 7.13. The lowest BCUT2D eigenvalue weighted by atomic mass is 10.1. The van der Waals surface area contributed by atoms with Crippen LogP contribution in [0.4, 0.5) is 0 Å². The molecular formula is C18H29N5O10S2. The zero-order valence-corrected chi connectivity index (χ0v) is 20.2. The fourth-order valence-corrected chi connectivity index (χ4v) is 2.95. The van der Waals surface area contributed by atoms with Crippen molar-refractivity contribution in [3.8, 4) is 0 Å². The molecule has 17 heteroatoms. The van der Waals surface area contributed by atoms with Crippen molar-refractivity contribution in [1.29, 1.82) is 0 Å². The maximum Gasteiger partial charge on any atom is 0.326 e. The highest BCUT2D eigenvalue weighted by atomic mass is 32.1. The van der Waals surface area contributed by atoms with Gasteiger partial charge in [-0.3, -0.25) is 28.8 Å². The van der Waals surface area contributed by atoms with Crippen LogP contribution in [0.25, 0.3) is 0 Å². The second-order valence-corrected chi connectivity index (χ2v) is 7.87. The molecule has 9 N–H and O–H groups in total. The molecule has 35 heavy (non-hydrogen) atoms. The summed E-state index contributed by atoms with van der Waals surface area (Å²) in [5, 5.41) is 35.3. The van der Waals surface area contributed by atoms with Crippen LogP contribution in [-0.2, 0) is 33.6 Å². The topological polar surface area (TPSA) is 254 Å². The van der Waals surface area contributed by atoms with E-state index in [4.69, 9.17) is 15.9 Å². The van der Waals surface area contributed by atoms with Crippen molar-refractivity contribution in [2.45, 2.75) is 49.9 Å². The van der Waals surface area contributed by atoms with E-state index < -0.39 is 78.7 Å². The smallest absolute Gasteiger partial charge is 0.326 e. The molecule has 0 rings (SSSR count). The third-order valence-electron chi connectivity index (χ3n) is 4.34. The summed E-state index contributed by atoms with van der Waals surface area (Å²) in [5.74, 6) is -7.62. The van der Waals surface area contributed by atoms with Crippen LogP contribution >= 0.6 is 25.3 Å². The maximum atomic E-state index is 12.4. The molecule has 0 aliphatic rings. The monoisotopic (exact) mass is 539 g/mol. The van der Waals surface area contributed by atoms with Crippen molar-refractivity contribution < 1.29 is 48.9 Å². The first-order valence-corrected chi connectivity index (χ1v) is 11.4. The zero-order chi connectivity index (χ0) is 27.1. The predicted octanol–water partition coefficient (Wildman–Crippen LogP) is -3.44. The molecule has 0 aromatic rings. The molecule has 0 aliphatic carbocycles. The summed E-state index contributed by atoms with van der Waals surface area (Å²) in [5.41, 5.74) is 5.57. The molecular weight excluding hydrogens is 510 g/mol. The van der Waals surface area contributed by atoms with Gasteiger partial charge in [-0.1, -0.05) is 0 Å². The Morgan fingerprint density at radius 2 is 1.23 bits per heavy atom. The summed E-state index contributed by atoms with van der Waals surface area (Å²) in [6, 6.07) is -5.21. The molecule has 0 bridgehead atoms. The van der Waals surface area contributed by atoms with Gasteiger partial charge in [-0.2, -0.15) is 25.3 Å². The van der Waals surface area contributed by atoms with Gasteiger partial charge in [0.2, 0.25) is 23.6 Å². The Balaban J connectivity index is 4.89. The van der Waals surface area contributed by atoms with Crippen LogP contribution in [-0.4, -0.2) is 99.1 Å². The average molecular weight is 540 g/mol. The Labute approximate surface area is 210 Å². The maximum absolute atomic E-state index is 12.4. The minimum Gasteiger partial charge on any atom is -0.481 e. The first kappa shape index (κ1) is 31.9. The van der Waals surface area contributed by atoms with Crippen molar-refractivity contribution >= 4 is 66.8 Å². The standard InChI is InChI=1S/C18H29N5O10S2/c19-8(1-4-13(25)26)15(29)23-11(7-35)17(31)22-9(18(32)33)2-3-12(24)21-10(6-34)16(30)20-5-14(27)28/h8-11,34-35H,1-7,19H2,(H,20,30)(H,21,24)(H,22,31)(H,23,29)(H,25,26)(H,27,28)(H,32,33)/t8-,9-,10-,11-/m0/s1. The molecule has 0 fully saturated rings. The molecule has 4 amide bonds. The van der Waals surface area contributed by atoms with E-state index in [0.29, 0.717) is 0 Å². The summed E-state index contributed by atoms with van der Waals surface area (Å²) in [4.78, 5) is 81.0. The van der Waals surface area contributed by atoms with Crippen LogP contribution in [0.5, 0.6) is 0 Å². The van der Waals surface area contributed by atoms with Crippen LogP contribution in [0.2, 0.25) is 0 Å². The Bertz CT molecular complexity index is 813. The van der Waals surface area contributed by atoms with E-state index >= 15 is 0 Å². The lowest BCUT2D eigenvalue weighted by Crippen LogP contribution is -2.55. The van der Waals surface area contributed by atoms with E-state index in [9.17, 15) is 38.7 Å². The highest BCUT2D eigenvalue weighted by Gasteiger charge is 2.28. The highest BCUT2D eigenvalue weighted by molar-refractivity contribution is 7.80. The van der Waals surface area contributed by atoms with E-state index in [1.807, 2.05) is 0 Å². The normalized spacial score (nSPS) is 13.9. The lowest BCUT2D eigenvalue weighted by molar-refractivity contribution is -0.142. The number of carbonyl (C=O) groups is 7. The molecule has 0 saturated carbocycles. The van der Waals surface area contributed by atoms with Gasteiger partial charge in [0.1, 0.15) is 24.7 Å². The van der Waals surface area contributed by atoms with Gasteiger partial charge in [0, 0.05) is 24.3 Å². The van der Waals surface area contributed by atoms with Gasteiger partial charge in [-0.15, -0.1) is 0 Å². The van der Waals surface area contributed by atoms with Crippen molar-refractivity contribution in [3.63, 3.8) is 0 Å². The first-order valence-electron chi connectivity index (χ1n) is 10.1. The molecule has 0 heterocycles. The largest absolute Gasteiger partial charge is 0.481 e. The number of carboxylic acids is 3. The summed E-state index contributed by atoms with van der Waals surface area (Å²) in [6.07, 6.45) is -1.36. The van der Waals surface area contributed by atoms with Gasteiger partial charge in [0.05, 0.1) is 6.04 Å². The lowest BCUT2D eigenvalue weighted by Gasteiger charge is -2.22. The van der Waals surface area contributed by atoms with Crippen molar-refractivity contribution in [3.05, 3.63) is 0 Å². The molecule has 0 radical (unpaired) electrons. The summed E-state index contributed by atoms with van der Waals surface area (Å²) < 4.78 is 0. The minimum absolute atomic E-state index is 0.159. The van der Waals surface area contributed by atoms with Gasteiger partial charge >= 0.3 is 17.9 Å². The van der Waals surface area contributed by atoms with Crippen molar-refractivity contribution in [2.75, 3.05) is 18.1 Å². The third kappa shape index (κ3) is 13.4. The van der Waals surface area contributed by atoms with Crippen LogP contribution < -0.4 is 27.0 Å². The molecule has 198 valence electrons. The fourth-order valence-electron chi connectivity index (χ4n) is 2.43. The number of carbonyl (C=O) groups excluding carboxylic acids is 4. The Hall–Kier alpha value is -3.05. The first-order chi connectivity index (χ1) is 16.3. The number of carboxylic acid groups (broad SMARTS) is 3. The van der Waals surface area contributed by atoms with Crippen molar-refractivity contribution in [2.24, 2.45) is 5.73 Å². The average Bonchev–Trinajstić information content (AvgIpc) is 2.79. The Morgan fingerprint density at radius 1 is 0.686 bits per heavy atom. The highest BCUT2D eigenvalue weighted by Crippen LogP contribution is 2.02. The number of rotatable bonds is 17. The number of thiol groups is 2. The Kier molecular flexibility index (Phi) is 15.1. The van der Waals surface area contributed by atoms with Gasteiger partial charge < -0.3 is 42.3 Å². The fraction of sp³-hybridized carbons (Fsp3) is 0.611. The second kappa shape index (κ2) is 16.6. The predicted molar refractivity (Wildman–Crippen MR) is 126 cm³/mol. The molecule has 4 atom stereocenters. The molecule has 0 spiro atoms. The van der Waals surface area contributed by atoms with Gasteiger partial charge in [0.25, 0.3) is 0 Å². The van der Waals surface area contributed by atoms with Crippen LogP contribution in [0.15, 0.2) is 0 Å². The number of nitrogens with two attached hydrogens (primary N) is 1. The molecule has 0 saturated heterocycles. The van der Waals surface area contributed by atoms with Crippen LogP contribution in [0, 0.1) is 0 Å². The molecule has 15 nitrogen and oxygen atoms in total. The summed E-state index contributed by atoms with van der Waals surface area (Å²) in [7, 11) is 0. The number of amides is 4. The van der Waals surface area contributed by atoms with E-state index in [0.717, 1.165) is 0 Å². The van der Waals surface area contributed by atoms with E-state index in [2.05, 4.69) is 46.5 Å². The SMILES string of the molecule is N[C@@H](CCC(=O)O)C(=O)N[C@@H](CS)C(=O)N[C@@H](CCC(=O)N[C@@H](CS)C(=O)NCC(=O)O)C(=O)O. The van der Waals surface area contributed by atoms with Gasteiger partial charge in [0.15, 0.2) is 0 Å². The minimum atomic E-state index is -1.54. The molecule has 0 aromatic carbocycles. The molecule has 0 unspecified atom stereocenters. The molecule has 0 aromatic heterocycles. The van der Waals surface area contributed by atoms with Gasteiger partial charge in [-0.25, -0.2) is 4.79 Å². The summed E-state index contributed by atoms with van der Waals surface area (Å²) in [6.45, 7) is -0.667. The number of aliphatic carboxylic acids is 3. The third-order valence-corrected chi connectivity index (χ3v) is 5.07. The van der Waals surface area contributed by atoms with E-state index in [1.165, 1.54) is 0 Å². The van der Waals surface area contributed by atoms with Crippen molar-refractivity contribution in [1.82, 2.24) is 21.3 Å². The number of hydrogen-bond donors (Lipinski definition) is 10. The Morgan fingerprint density at radius 3 is 1.71 bits per heavy atom.